The van der Waals surface area contributed by atoms with E-state index in [-0.39, 0.29) is 46.3 Å². The molecule has 0 aliphatic heterocycles. The SMILES string of the molecule is COC(=O)c1c(C)c(/N=N/c2c(C#N)cnn2-c2cc(CO)ncn2)c(O)n(-c2ccncc2)c1=O. The van der Waals surface area contributed by atoms with E-state index in [1.807, 2.05) is 6.07 Å². The molecule has 0 bridgehead atoms. The van der Waals surface area contributed by atoms with Crippen molar-refractivity contribution in [1.82, 2.24) is 29.3 Å². The summed E-state index contributed by atoms with van der Waals surface area (Å²) >= 11 is 0. The molecule has 14 heteroatoms. The van der Waals surface area contributed by atoms with Crippen molar-refractivity contribution in [1.29, 1.82) is 5.26 Å². The Morgan fingerprint density at radius 1 is 1.25 bits per heavy atom. The number of ether oxygens (including phenoxy) is 1. The van der Waals surface area contributed by atoms with E-state index in [0.717, 1.165) is 11.7 Å². The second-order valence-electron chi connectivity index (χ2n) is 7.14. The summed E-state index contributed by atoms with van der Waals surface area (Å²) in [6.07, 6.45) is 5.25. The molecule has 0 amide bonds. The average molecular weight is 487 g/mol. The maximum atomic E-state index is 13.1. The molecular weight excluding hydrogens is 470 g/mol. The molecule has 0 saturated heterocycles. The van der Waals surface area contributed by atoms with E-state index in [1.54, 1.807) is 0 Å². The number of hydrogen-bond acceptors (Lipinski definition) is 12. The van der Waals surface area contributed by atoms with Crippen molar-refractivity contribution >= 4 is 17.5 Å². The Hall–Kier alpha value is -5.29. The number of azo groups is 1. The van der Waals surface area contributed by atoms with Crippen LogP contribution in [0, 0.1) is 18.3 Å². The van der Waals surface area contributed by atoms with Crippen molar-refractivity contribution in [3.05, 3.63) is 75.9 Å². The summed E-state index contributed by atoms with van der Waals surface area (Å²) in [6.45, 7) is 1.05. The first-order chi connectivity index (χ1) is 17.4. The zero-order valence-corrected chi connectivity index (χ0v) is 18.9. The molecule has 0 aromatic carbocycles. The maximum absolute atomic E-state index is 13.1. The monoisotopic (exact) mass is 487 g/mol. The summed E-state index contributed by atoms with van der Waals surface area (Å²) in [5, 5.41) is 42.1. The van der Waals surface area contributed by atoms with E-state index < -0.39 is 17.4 Å². The number of carbonyl (C=O) groups excluding carboxylic acids is 1. The lowest BCUT2D eigenvalue weighted by molar-refractivity contribution is 0.0597. The number of aliphatic hydroxyl groups excluding tert-OH is 1. The van der Waals surface area contributed by atoms with Crippen LogP contribution in [0.2, 0.25) is 0 Å². The van der Waals surface area contributed by atoms with Gasteiger partial charge >= 0.3 is 5.97 Å². The van der Waals surface area contributed by atoms with E-state index in [1.165, 1.54) is 54.7 Å². The largest absolute Gasteiger partial charge is 0.493 e. The summed E-state index contributed by atoms with van der Waals surface area (Å²) in [5.41, 5.74) is -0.863. The molecule has 0 fully saturated rings. The van der Waals surface area contributed by atoms with Gasteiger partial charge in [0.15, 0.2) is 17.3 Å². The third-order valence-corrected chi connectivity index (χ3v) is 5.08. The van der Waals surface area contributed by atoms with Gasteiger partial charge in [0.25, 0.3) is 5.56 Å². The van der Waals surface area contributed by atoms with Gasteiger partial charge in [0.05, 0.1) is 31.3 Å². The van der Waals surface area contributed by atoms with Crippen molar-refractivity contribution in [2.24, 2.45) is 10.2 Å². The topological polar surface area (TPSA) is 194 Å². The third kappa shape index (κ3) is 4.17. The molecule has 0 atom stereocenters. The molecule has 14 nitrogen and oxygen atoms in total. The molecule has 180 valence electrons. The van der Waals surface area contributed by atoms with Crippen LogP contribution >= 0.6 is 0 Å². The number of pyridine rings is 2. The van der Waals surface area contributed by atoms with Gasteiger partial charge in [0.1, 0.15) is 23.5 Å². The molecule has 0 radical (unpaired) electrons. The van der Waals surface area contributed by atoms with Crippen LogP contribution in [0.1, 0.15) is 27.2 Å². The molecule has 2 N–H and O–H groups in total. The van der Waals surface area contributed by atoms with Crippen molar-refractivity contribution < 1.29 is 19.7 Å². The van der Waals surface area contributed by atoms with Gasteiger partial charge in [-0.2, -0.15) is 15.0 Å². The second-order valence-corrected chi connectivity index (χ2v) is 7.14. The maximum Gasteiger partial charge on any atom is 0.343 e. The quantitative estimate of drug-likeness (QED) is 0.299. The molecular formula is C22H17N9O5. The minimum Gasteiger partial charge on any atom is -0.493 e. The number of methoxy groups -OCH3 is 1. The summed E-state index contributed by atoms with van der Waals surface area (Å²) < 4.78 is 6.82. The van der Waals surface area contributed by atoms with Crippen molar-refractivity contribution in [3.63, 3.8) is 0 Å². The molecule has 0 saturated carbocycles. The number of nitriles is 1. The molecule has 0 aliphatic carbocycles. The Balaban J connectivity index is 1.94. The van der Waals surface area contributed by atoms with Gasteiger partial charge in [-0.3, -0.25) is 9.78 Å². The summed E-state index contributed by atoms with van der Waals surface area (Å²) in [4.78, 5) is 37.4. The van der Waals surface area contributed by atoms with E-state index >= 15 is 0 Å². The van der Waals surface area contributed by atoms with Gasteiger partial charge in [-0.15, -0.1) is 10.2 Å². The normalized spacial score (nSPS) is 10.9. The van der Waals surface area contributed by atoms with Gasteiger partial charge < -0.3 is 14.9 Å². The van der Waals surface area contributed by atoms with Gasteiger partial charge in [-0.1, -0.05) is 0 Å². The Morgan fingerprint density at radius 2 is 2.00 bits per heavy atom. The Morgan fingerprint density at radius 3 is 2.67 bits per heavy atom. The Kier molecular flexibility index (Phi) is 6.57. The average Bonchev–Trinajstić information content (AvgIpc) is 3.32. The first-order valence-corrected chi connectivity index (χ1v) is 10.2. The molecule has 0 spiro atoms. The van der Waals surface area contributed by atoms with Crippen LogP contribution in [0.3, 0.4) is 0 Å². The van der Waals surface area contributed by atoms with Crippen LogP contribution in [0.25, 0.3) is 11.5 Å². The summed E-state index contributed by atoms with van der Waals surface area (Å²) in [5.74, 6) is -1.39. The molecule has 0 aliphatic rings. The highest BCUT2D eigenvalue weighted by Crippen LogP contribution is 2.35. The van der Waals surface area contributed by atoms with Crippen molar-refractivity contribution in [2.75, 3.05) is 7.11 Å². The fraction of sp³-hybridized carbons (Fsp3) is 0.136. The molecule has 0 unspecified atom stereocenters. The number of esters is 1. The lowest BCUT2D eigenvalue weighted by Crippen LogP contribution is -2.27. The van der Waals surface area contributed by atoms with Crippen molar-refractivity contribution in [2.45, 2.75) is 13.5 Å². The standard InChI is InChI=1S/C22H17N9O5/c1-12-17(22(35)36-2)20(33)30(15-3-5-24-6-4-15)21(34)18(12)28-29-19-13(8-23)9-27-31(19)16-7-14(10-32)25-11-26-16/h3-7,9,11,32,34H,10H2,1-2H3/b29-28+. The van der Waals surface area contributed by atoms with Crippen molar-refractivity contribution in [3.8, 4) is 23.5 Å². The fourth-order valence-corrected chi connectivity index (χ4v) is 3.33. The molecule has 4 rings (SSSR count). The van der Waals surface area contributed by atoms with Crippen LogP contribution in [-0.2, 0) is 11.3 Å². The predicted molar refractivity (Wildman–Crippen MR) is 122 cm³/mol. The Bertz CT molecular complexity index is 1590. The van der Waals surface area contributed by atoms with Crippen LogP contribution in [0.15, 0.2) is 58.1 Å². The van der Waals surface area contributed by atoms with Crippen LogP contribution in [-0.4, -0.2) is 52.6 Å². The number of rotatable bonds is 6. The molecule has 4 heterocycles. The number of nitrogens with zero attached hydrogens (tertiary/aromatic N) is 9. The minimum atomic E-state index is -0.933. The highest BCUT2D eigenvalue weighted by molar-refractivity contribution is 5.92. The molecule has 4 aromatic heterocycles. The Labute approximate surface area is 202 Å². The van der Waals surface area contributed by atoms with Gasteiger partial charge in [0.2, 0.25) is 5.88 Å². The number of carbonyl (C=O) groups is 1. The number of aromatic nitrogens is 6. The van der Waals surface area contributed by atoms with Gasteiger partial charge in [-0.05, 0) is 19.1 Å². The minimum absolute atomic E-state index is 0.00702. The van der Waals surface area contributed by atoms with Crippen LogP contribution in [0.5, 0.6) is 5.88 Å². The van der Waals surface area contributed by atoms with Gasteiger partial charge in [0, 0.05) is 24.0 Å². The van der Waals surface area contributed by atoms with E-state index in [4.69, 9.17) is 4.74 Å². The van der Waals surface area contributed by atoms with E-state index in [0.29, 0.717) is 5.69 Å². The number of aliphatic hydroxyl groups is 1. The van der Waals surface area contributed by atoms with E-state index in [2.05, 4.69) is 30.3 Å². The zero-order valence-electron chi connectivity index (χ0n) is 18.9. The highest BCUT2D eigenvalue weighted by Gasteiger charge is 2.25. The lowest BCUT2D eigenvalue weighted by atomic mass is 10.1. The predicted octanol–water partition coefficient (Wildman–Crippen LogP) is 1.79. The smallest absolute Gasteiger partial charge is 0.343 e. The zero-order chi connectivity index (χ0) is 25.8. The van der Waals surface area contributed by atoms with E-state index in [9.17, 15) is 25.1 Å². The first kappa shape index (κ1) is 23.9. The number of aromatic hydroxyl groups is 1. The lowest BCUT2D eigenvalue weighted by Gasteiger charge is -2.14. The van der Waals surface area contributed by atoms with Gasteiger partial charge in [-0.25, -0.2) is 19.3 Å². The summed E-state index contributed by atoms with van der Waals surface area (Å²) in [7, 11) is 1.12. The third-order valence-electron chi connectivity index (χ3n) is 5.08. The molecule has 4 aromatic rings. The highest BCUT2D eigenvalue weighted by atomic mass is 16.5. The fourth-order valence-electron chi connectivity index (χ4n) is 3.33. The number of hydrogen-bond donors (Lipinski definition) is 2. The summed E-state index contributed by atoms with van der Waals surface area (Å²) in [6, 6.07) is 6.28. The van der Waals surface area contributed by atoms with Crippen LogP contribution in [0.4, 0.5) is 11.5 Å². The van der Waals surface area contributed by atoms with Crippen LogP contribution < -0.4 is 5.56 Å². The second kappa shape index (κ2) is 9.91. The first-order valence-electron chi connectivity index (χ1n) is 10.2. The molecule has 36 heavy (non-hydrogen) atoms.